The van der Waals surface area contributed by atoms with E-state index < -0.39 is 60.2 Å². The number of nitrogens with one attached hydrogen (secondary N) is 3. The highest BCUT2D eigenvalue weighted by Gasteiger charge is 2.31. The molecule has 0 fully saturated rings. The van der Waals surface area contributed by atoms with Gasteiger partial charge in [-0.15, -0.1) is 0 Å². The zero-order chi connectivity index (χ0) is 29.8. The summed E-state index contributed by atoms with van der Waals surface area (Å²) in [5.41, 5.74) is 12.8. The monoisotopic (exact) mass is 555 g/mol. The van der Waals surface area contributed by atoms with E-state index in [0.29, 0.717) is 11.1 Å². The fourth-order valence-corrected chi connectivity index (χ4v) is 3.96. The Kier molecular flexibility index (Phi) is 12.1. The number of rotatable bonds is 15. The smallest absolute Gasteiger partial charge is 0.326 e. The van der Waals surface area contributed by atoms with Crippen LogP contribution in [-0.4, -0.2) is 64.0 Å². The third kappa shape index (κ3) is 10.7. The lowest BCUT2D eigenvalue weighted by Crippen LogP contribution is -2.58. The van der Waals surface area contributed by atoms with Gasteiger partial charge in [-0.3, -0.25) is 19.2 Å². The first-order valence-electron chi connectivity index (χ1n) is 12.8. The minimum absolute atomic E-state index is 0.0420. The minimum Gasteiger partial charge on any atom is -0.508 e. The number of primary amides is 1. The number of benzene rings is 2. The highest BCUT2D eigenvalue weighted by atomic mass is 16.4. The first-order valence-corrected chi connectivity index (χ1v) is 12.8. The van der Waals surface area contributed by atoms with Gasteiger partial charge in [0.15, 0.2) is 0 Å². The van der Waals surface area contributed by atoms with Gasteiger partial charge in [0.2, 0.25) is 23.6 Å². The number of carboxylic acid groups (broad SMARTS) is 1. The maximum Gasteiger partial charge on any atom is 0.326 e. The summed E-state index contributed by atoms with van der Waals surface area (Å²) in [4.78, 5) is 62.5. The molecule has 4 unspecified atom stereocenters. The van der Waals surface area contributed by atoms with E-state index in [4.69, 9.17) is 11.5 Å². The Hall–Kier alpha value is -4.45. The number of carbonyl (C=O) groups is 5. The average molecular weight is 556 g/mol. The van der Waals surface area contributed by atoms with Gasteiger partial charge in [0.05, 0.1) is 12.5 Å². The standard InChI is InChI=1S/C28H37N5O7/c1-16(2)12-23(28(39)40)33-27(38)22(15-24(30)35)32-26(37)21(14-17-6-4-3-5-7-17)31-25(36)20(29)13-18-8-10-19(34)11-9-18/h3-11,16,20-23,34H,12-15,29H2,1-2H3,(H2,30,35)(H,31,36)(H,32,37)(H,33,38)(H,39,40). The Labute approximate surface area is 232 Å². The summed E-state index contributed by atoms with van der Waals surface area (Å²) in [6, 6.07) is 10.0. The number of hydrogen-bond acceptors (Lipinski definition) is 7. The second-order valence-corrected chi connectivity index (χ2v) is 9.99. The zero-order valence-electron chi connectivity index (χ0n) is 22.5. The van der Waals surface area contributed by atoms with Crippen LogP contribution >= 0.6 is 0 Å². The molecular weight excluding hydrogens is 518 g/mol. The summed E-state index contributed by atoms with van der Waals surface area (Å²) >= 11 is 0. The van der Waals surface area contributed by atoms with E-state index in [9.17, 15) is 34.2 Å². The molecule has 40 heavy (non-hydrogen) atoms. The number of carbonyl (C=O) groups excluding carboxylic acids is 4. The van der Waals surface area contributed by atoms with Crippen molar-refractivity contribution in [3.63, 3.8) is 0 Å². The van der Waals surface area contributed by atoms with Crippen LogP contribution in [0.25, 0.3) is 0 Å². The van der Waals surface area contributed by atoms with Crippen molar-refractivity contribution >= 4 is 29.6 Å². The normalized spacial score (nSPS) is 13.9. The van der Waals surface area contributed by atoms with Crippen molar-refractivity contribution in [2.24, 2.45) is 17.4 Å². The summed E-state index contributed by atoms with van der Waals surface area (Å²) < 4.78 is 0. The van der Waals surface area contributed by atoms with Crippen LogP contribution < -0.4 is 27.4 Å². The van der Waals surface area contributed by atoms with Crippen LogP contribution in [0, 0.1) is 5.92 Å². The van der Waals surface area contributed by atoms with E-state index in [-0.39, 0.29) is 30.9 Å². The molecule has 0 aliphatic heterocycles. The molecule has 2 aromatic rings. The second-order valence-electron chi connectivity index (χ2n) is 9.99. The van der Waals surface area contributed by atoms with Gasteiger partial charge in [-0.25, -0.2) is 4.79 Å². The zero-order valence-corrected chi connectivity index (χ0v) is 22.5. The largest absolute Gasteiger partial charge is 0.508 e. The van der Waals surface area contributed by atoms with Crippen molar-refractivity contribution in [3.8, 4) is 5.75 Å². The molecule has 0 heterocycles. The topological polar surface area (TPSA) is 214 Å². The molecule has 216 valence electrons. The second kappa shape index (κ2) is 15.2. The minimum atomic E-state index is -1.47. The number of nitrogens with two attached hydrogens (primary N) is 2. The molecule has 0 radical (unpaired) electrons. The molecule has 0 saturated heterocycles. The summed E-state index contributed by atoms with van der Waals surface area (Å²) in [6.45, 7) is 3.57. The van der Waals surface area contributed by atoms with E-state index in [1.165, 1.54) is 12.1 Å². The molecule has 0 aliphatic carbocycles. The van der Waals surface area contributed by atoms with Crippen LogP contribution in [0.2, 0.25) is 0 Å². The lowest BCUT2D eigenvalue weighted by atomic mass is 10.0. The Balaban J connectivity index is 2.21. The maximum atomic E-state index is 13.4. The predicted molar refractivity (Wildman–Crippen MR) is 147 cm³/mol. The van der Waals surface area contributed by atoms with Gasteiger partial charge < -0.3 is 37.6 Å². The van der Waals surface area contributed by atoms with Crippen molar-refractivity contribution in [2.75, 3.05) is 0 Å². The van der Waals surface area contributed by atoms with Gasteiger partial charge in [-0.2, -0.15) is 0 Å². The molecule has 4 amide bonds. The van der Waals surface area contributed by atoms with Crippen LogP contribution in [0.5, 0.6) is 5.75 Å². The van der Waals surface area contributed by atoms with E-state index in [0.717, 1.165) is 0 Å². The fraction of sp³-hybridized carbons (Fsp3) is 0.393. The number of aromatic hydroxyl groups is 1. The number of phenols is 1. The highest BCUT2D eigenvalue weighted by Crippen LogP contribution is 2.12. The summed E-state index contributed by atoms with van der Waals surface area (Å²) in [5.74, 6) is -4.46. The average Bonchev–Trinajstić information content (AvgIpc) is 2.88. The lowest BCUT2D eigenvalue weighted by Gasteiger charge is -2.25. The quantitative estimate of drug-likeness (QED) is 0.158. The number of carboxylic acids is 1. The summed E-state index contributed by atoms with van der Waals surface area (Å²) in [6.07, 6.45) is -0.285. The summed E-state index contributed by atoms with van der Waals surface area (Å²) in [7, 11) is 0. The number of amides is 4. The maximum absolute atomic E-state index is 13.4. The van der Waals surface area contributed by atoms with Gasteiger partial charge in [0.1, 0.15) is 23.9 Å². The summed E-state index contributed by atoms with van der Waals surface area (Å²) in [5, 5.41) is 26.3. The third-order valence-electron chi connectivity index (χ3n) is 6.00. The molecule has 0 aromatic heterocycles. The first-order chi connectivity index (χ1) is 18.8. The highest BCUT2D eigenvalue weighted by molar-refractivity contribution is 5.96. The number of phenolic OH excluding ortho intramolecular Hbond substituents is 1. The number of hydrogen-bond donors (Lipinski definition) is 7. The predicted octanol–water partition coefficient (Wildman–Crippen LogP) is -0.0348. The van der Waals surface area contributed by atoms with Gasteiger partial charge in [0.25, 0.3) is 0 Å². The first kappa shape index (κ1) is 31.8. The van der Waals surface area contributed by atoms with Crippen molar-refractivity contribution < 1.29 is 34.2 Å². The van der Waals surface area contributed by atoms with Gasteiger partial charge >= 0.3 is 5.97 Å². The third-order valence-corrected chi connectivity index (χ3v) is 6.00. The van der Waals surface area contributed by atoms with Gasteiger partial charge in [-0.05, 0) is 42.0 Å². The van der Waals surface area contributed by atoms with Crippen molar-refractivity contribution in [1.82, 2.24) is 16.0 Å². The molecule has 9 N–H and O–H groups in total. The SMILES string of the molecule is CC(C)CC(NC(=O)C(CC(N)=O)NC(=O)C(Cc1ccccc1)NC(=O)C(N)Cc1ccc(O)cc1)C(=O)O. The Bertz CT molecular complexity index is 1170. The fourth-order valence-electron chi connectivity index (χ4n) is 3.96. The molecule has 2 aromatic carbocycles. The van der Waals surface area contributed by atoms with Gasteiger partial charge in [0, 0.05) is 6.42 Å². The van der Waals surface area contributed by atoms with E-state index in [1.807, 2.05) is 0 Å². The van der Waals surface area contributed by atoms with Crippen molar-refractivity contribution in [3.05, 3.63) is 65.7 Å². The Morgan fingerprint density at radius 3 is 1.82 bits per heavy atom. The molecular formula is C28H37N5O7. The van der Waals surface area contributed by atoms with Crippen LogP contribution in [0.1, 0.15) is 37.8 Å². The van der Waals surface area contributed by atoms with Crippen LogP contribution in [0.15, 0.2) is 54.6 Å². The van der Waals surface area contributed by atoms with E-state index >= 15 is 0 Å². The van der Waals surface area contributed by atoms with Crippen LogP contribution in [0.4, 0.5) is 0 Å². The van der Waals surface area contributed by atoms with E-state index in [1.54, 1.807) is 56.3 Å². The Morgan fingerprint density at radius 2 is 1.27 bits per heavy atom. The van der Waals surface area contributed by atoms with Crippen LogP contribution in [-0.2, 0) is 36.8 Å². The Morgan fingerprint density at radius 1 is 0.750 bits per heavy atom. The molecule has 2 rings (SSSR count). The number of aliphatic carboxylic acids is 1. The molecule has 0 aliphatic rings. The molecule has 12 nitrogen and oxygen atoms in total. The molecule has 12 heteroatoms. The van der Waals surface area contributed by atoms with Gasteiger partial charge in [-0.1, -0.05) is 56.3 Å². The van der Waals surface area contributed by atoms with E-state index in [2.05, 4.69) is 16.0 Å². The molecule has 0 spiro atoms. The molecule has 4 atom stereocenters. The van der Waals surface area contributed by atoms with Crippen molar-refractivity contribution in [1.29, 1.82) is 0 Å². The molecule has 0 saturated carbocycles. The molecule has 0 bridgehead atoms. The lowest BCUT2D eigenvalue weighted by molar-refractivity contribution is -0.143. The van der Waals surface area contributed by atoms with Crippen molar-refractivity contribution in [2.45, 2.75) is 63.7 Å². The van der Waals surface area contributed by atoms with Crippen LogP contribution in [0.3, 0.4) is 0 Å².